The predicted octanol–water partition coefficient (Wildman–Crippen LogP) is 4.84. The molecule has 0 unspecified atom stereocenters. The molecule has 4 nitrogen and oxygen atoms in total. The molecule has 1 saturated carbocycles. The molecule has 0 saturated heterocycles. The third-order valence-corrected chi connectivity index (χ3v) is 4.23. The summed E-state index contributed by atoms with van der Waals surface area (Å²) in [5.74, 6) is 2.46. The molecular weight excluding hydrogens is 296 g/mol. The van der Waals surface area contributed by atoms with Crippen LogP contribution in [-0.2, 0) is 0 Å². The zero-order valence-electron chi connectivity index (χ0n) is 13.0. The van der Waals surface area contributed by atoms with Gasteiger partial charge in [0.05, 0.1) is 0 Å². The van der Waals surface area contributed by atoms with Gasteiger partial charge in [0, 0.05) is 22.8 Å². The number of halogens is 1. The summed E-state index contributed by atoms with van der Waals surface area (Å²) >= 11 is 6.00. The fourth-order valence-electron chi connectivity index (χ4n) is 2.89. The average Bonchev–Trinajstić information content (AvgIpc) is 2.94. The van der Waals surface area contributed by atoms with E-state index in [0.717, 1.165) is 33.7 Å². The molecule has 2 aromatic rings. The van der Waals surface area contributed by atoms with E-state index in [0.29, 0.717) is 6.04 Å². The Labute approximate surface area is 136 Å². The highest BCUT2D eigenvalue weighted by molar-refractivity contribution is 6.30. The van der Waals surface area contributed by atoms with Crippen LogP contribution in [0.5, 0.6) is 0 Å². The van der Waals surface area contributed by atoms with E-state index in [1.165, 1.54) is 25.7 Å². The van der Waals surface area contributed by atoms with E-state index in [4.69, 9.17) is 11.6 Å². The maximum atomic E-state index is 6.00. The van der Waals surface area contributed by atoms with Gasteiger partial charge < -0.3 is 10.6 Å². The van der Waals surface area contributed by atoms with Crippen LogP contribution in [0.25, 0.3) is 0 Å². The second kappa shape index (κ2) is 6.53. The average molecular weight is 317 g/mol. The van der Waals surface area contributed by atoms with Gasteiger partial charge in [-0.05, 0) is 50.5 Å². The van der Waals surface area contributed by atoms with E-state index in [9.17, 15) is 0 Å². The Bertz CT molecular complexity index is 666. The number of benzene rings is 1. The minimum Gasteiger partial charge on any atom is -0.367 e. The normalized spacial score (nSPS) is 15.0. The van der Waals surface area contributed by atoms with Gasteiger partial charge in [-0.2, -0.15) is 0 Å². The molecule has 5 heteroatoms. The second-order valence-corrected chi connectivity index (χ2v) is 6.33. The number of rotatable bonds is 4. The van der Waals surface area contributed by atoms with Crippen molar-refractivity contribution in [3.63, 3.8) is 0 Å². The van der Waals surface area contributed by atoms with Crippen LogP contribution in [0.2, 0.25) is 5.02 Å². The minimum absolute atomic E-state index is 0.541. The third kappa shape index (κ3) is 3.69. The SMILES string of the molecule is Cc1nc(Nc2ccc(Cl)cc2C)cc(NC2CCCC2)n1. The third-order valence-electron chi connectivity index (χ3n) is 4.00. The smallest absolute Gasteiger partial charge is 0.136 e. The van der Waals surface area contributed by atoms with Crippen LogP contribution in [0, 0.1) is 13.8 Å². The fraction of sp³-hybridized carbons (Fsp3) is 0.412. The number of nitrogens with one attached hydrogen (secondary N) is 2. The van der Waals surface area contributed by atoms with Gasteiger partial charge in [0.25, 0.3) is 0 Å². The lowest BCUT2D eigenvalue weighted by atomic mass is 10.2. The molecule has 3 rings (SSSR count). The summed E-state index contributed by atoms with van der Waals surface area (Å²) in [6, 6.07) is 8.30. The Balaban J connectivity index is 1.79. The summed E-state index contributed by atoms with van der Waals surface area (Å²) in [5.41, 5.74) is 2.10. The molecular formula is C17H21ClN4. The summed E-state index contributed by atoms with van der Waals surface area (Å²) in [7, 11) is 0. The zero-order valence-corrected chi connectivity index (χ0v) is 13.7. The summed E-state index contributed by atoms with van der Waals surface area (Å²) < 4.78 is 0. The number of hydrogen-bond acceptors (Lipinski definition) is 4. The van der Waals surface area contributed by atoms with Gasteiger partial charge in [0.2, 0.25) is 0 Å². The lowest BCUT2D eigenvalue weighted by Gasteiger charge is -2.15. The number of aryl methyl sites for hydroxylation is 2. The van der Waals surface area contributed by atoms with Crippen LogP contribution in [-0.4, -0.2) is 16.0 Å². The molecule has 0 spiro atoms. The standard InChI is InChI=1S/C17H21ClN4/c1-11-9-13(18)7-8-15(11)22-17-10-16(19-12(2)20-17)21-14-5-3-4-6-14/h7-10,14H,3-6H2,1-2H3,(H2,19,20,21,22). The van der Waals surface area contributed by atoms with Crippen LogP contribution < -0.4 is 10.6 Å². The summed E-state index contributed by atoms with van der Waals surface area (Å²) in [4.78, 5) is 8.96. The number of aromatic nitrogens is 2. The van der Waals surface area contributed by atoms with Gasteiger partial charge in [0.15, 0.2) is 0 Å². The van der Waals surface area contributed by atoms with Crippen LogP contribution in [0.3, 0.4) is 0 Å². The number of nitrogens with zero attached hydrogens (tertiary/aromatic N) is 2. The van der Waals surface area contributed by atoms with E-state index in [2.05, 4.69) is 20.6 Å². The summed E-state index contributed by atoms with van der Waals surface area (Å²) in [6.45, 7) is 3.94. The van der Waals surface area contributed by atoms with Gasteiger partial charge in [-0.25, -0.2) is 9.97 Å². The largest absolute Gasteiger partial charge is 0.367 e. The van der Waals surface area contributed by atoms with Crippen molar-refractivity contribution in [2.45, 2.75) is 45.6 Å². The first-order chi connectivity index (χ1) is 10.6. The summed E-state index contributed by atoms with van der Waals surface area (Å²) in [6.07, 6.45) is 5.05. The molecule has 0 radical (unpaired) electrons. The monoisotopic (exact) mass is 316 g/mol. The van der Waals surface area contributed by atoms with Crippen LogP contribution in [0.1, 0.15) is 37.1 Å². The Kier molecular flexibility index (Phi) is 4.48. The van der Waals surface area contributed by atoms with Gasteiger partial charge in [0.1, 0.15) is 17.5 Å². The highest BCUT2D eigenvalue weighted by atomic mass is 35.5. The van der Waals surface area contributed by atoms with Crippen LogP contribution >= 0.6 is 11.6 Å². The Morgan fingerprint density at radius 1 is 1.05 bits per heavy atom. The first kappa shape index (κ1) is 15.1. The van der Waals surface area contributed by atoms with Gasteiger partial charge in [-0.15, -0.1) is 0 Å². The van der Waals surface area contributed by atoms with Crippen molar-refractivity contribution in [2.75, 3.05) is 10.6 Å². The zero-order chi connectivity index (χ0) is 15.5. The topological polar surface area (TPSA) is 49.8 Å². The van der Waals surface area contributed by atoms with Gasteiger partial charge >= 0.3 is 0 Å². The molecule has 0 aliphatic heterocycles. The molecule has 116 valence electrons. The molecule has 1 aliphatic carbocycles. The van der Waals surface area contributed by atoms with Gasteiger partial charge in [-0.3, -0.25) is 0 Å². The van der Waals surface area contributed by atoms with E-state index in [1.807, 2.05) is 38.1 Å². The van der Waals surface area contributed by atoms with Crippen molar-refractivity contribution >= 4 is 28.9 Å². The molecule has 1 aromatic heterocycles. The molecule has 1 aromatic carbocycles. The molecule has 1 fully saturated rings. The molecule has 1 heterocycles. The summed E-state index contributed by atoms with van der Waals surface area (Å²) in [5, 5.41) is 7.62. The van der Waals surface area contributed by atoms with E-state index < -0.39 is 0 Å². The van der Waals surface area contributed by atoms with E-state index in [1.54, 1.807) is 0 Å². The highest BCUT2D eigenvalue weighted by Crippen LogP contribution is 2.25. The van der Waals surface area contributed by atoms with Gasteiger partial charge in [-0.1, -0.05) is 24.4 Å². The Hall–Kier alpha value is -1.81. The Morgan fingerprint density at radius 2 is 1.77 bits per heavy atom. The minimum atomic E-state index is 0.541. The predicted molar refractivity (Wildman–Crippen MR) is 92.1 cm³/mol. The maximum absolute atomic E-state index is 6.00. The van der Waals surface area contributed by atoms with Crippen molar-refractivity contribution in [1.82, 2.24) is 9.97 Å². The molecule has 0 amide bonds. The molecule has 2 N–H and O–H groups in total. The van der Waals surface area contributed by atoms with E-state index in [-0.39, 0.29) is 0 Å². The Morgan fingerprint density at radius 3 is 2.50 bits per heavy atom. The first-order valence-electron chi connectivity index (χ1n) is 7.75. The number of hydrogen-bond donors (Lipinski definition) is 2. The van der Waals surface area contributed by atoms with E-state index >= 15 is 0 Å². The van der Waals surface area contributed by atoms with Crippen molar-refractivity contribution in [1.29, 1.82) is 0 Å². The van der Waals surface area contributed by atoms with Crippen LogP contribution in [0.4, 0.5) is 17.3 Å². The first-order valence-corrected chi connectivity index (χ1v) is 8.13. The number of anilines is 3. The molecule has 22 heavy (non-hydrogen) atoms. The maximum Gasteiger partial charge on any atom is 0.136 e. The van der Waals surface area contributed by atoms with Crippen molar-refractivity contribution in [3.8, 4) is 0 Å². The quantitative estimate of drug-likeness (QED) is 0.847. The van der Waals surface area contributed by atoms with Crippen molar-refractivity contribution < 1.29 is 0 Å². The lowest BCUT2D eigenvalue weighted by molar-refractivity contribution is 0.748. The molecule has 0 atom stereocenters. The highest BCUT2D eigenvalue weighted by Gasteiger charge is 2.15. The van der Waals surface area contributed by atoms with Crippen LogP contribution in [0.15, 0.2) is 24.3 Å². The second-order valence-electron chi connectivity index (χ2n) is 5.90. The van der Waals surface area contributed by atoms with Crippen molar-refractivity contribution in [2.24, 2.45) is 0 Å². The molecule has 1 aliphatic rings. The van der Waals surface area contributed by atoms with Crippen molar-refractivity contribution in [3.05, 3.63) is 40.7 Å². The molecule has 0 bridgehead atoms. The lowest BCUT2D eigenvalue weighted by Crippen LogP contribution is -2.16. The fourth-order valence-corrected chi connectivity index (χ4v) is 3.12.